The molecule has 1 heterocycles. The quantitative estimate of drug-likeness (QED) is 0.794. The summed E-state index contributed by atoms with van der Waals surface area (Å²) in [4.78, 5) is 0. The first-order chi connectivity index (χ1) is 8.72. The smallest absolute Gasteiger partial charge is 0.0992 e. The first-order valence-corrected chi connectivity index (χ1v) is 8.47. The van der Waals surface area contributed by atoms with Crippen LogP contribution in [0.2, 0.25) is 8.67 Å². The van der Waals surface area contributed by atoms with E-state index < -0.39 is 0 Å². The van der Waals surface area contributed by atoms with Crippen molar-refractivity contribution in [2.24, 2.45) is 17.8 Å². The van der Waals surface area contributed by atoms with E-state index in [4.69, 9.17) is 23.2 Å². The molecular formula is C14H19Cl2NS. The molecule has 100 valence electrons. The van der Waals surface area contributed by atoms with Gasteiger partial charge >= 0.3 is 0 Å². The number of nitrogens with one attached hydrogen (secondary N) is 1. The van der Waals surface area contributed by atoms with Crippen LogP contribution >= 0.6 is 34.5 Å². The first kappa shape index (κ1) is 13.2. The molecule has 1 nitrogen and oxygen atoms in total. The van der Waals surface area contributed by atoms with Crippen LogP contribution in [0.4, 0.5) is 0 Å². The molecule has 1 aromatic heterocycles. The Labute approximate surface area is 123 Å². The van der Waals surface area contributed by atoms with E-state index in [1.807, 2.05) is 0 Å². The lowest BCUT2D eigenvalue weighted by Gasteiger charge is -2.20. The highest BCUT2D eigenvalue weighted by Gasteiger charge is 2.56. The van der Waals surface area contributed by atoms with Crippen molar-refractivity contribution >= 4 is 34.5 Å². The van der Waals surface area contributed by atoms with Crippen LogP contribution in [0.5, 0.6) is 0 Å². The van der Waals surface area contributed by atoms with E-state index in [0.717, 1.165) is 39.4 Å². The Kier molecular flexibility index (Phi) is 3.91. The lowest BCUT2D eigenvalue weighted by Crippen LogP contribution is -2.25. The molecule has 1 N–H and O–H groups in total. The van der Waals surface area contributed by atoms with Gasteiger partial charge in [-0.25, -0.2) is 0 Å². The van der Waals surface area contributed by atoms with Gasteiger partial charge in [-0.05, 0) is 49.6 Å². The predicted octanol–water partition coefficient (Wildman–Crippen LogP) is 5.14. The molecule has 2 aliphatic carbocycles. The third-order valence-electron chi connectivity index (χ3n) is 4.49. The van der Waals surface area contributed by atoms with Crippen LogP contribution in [-0.2, 0) is 0 Å². The van der Waals surface area contributed by atoms with E-state index in [-0.39, 0.29) is 0 Å². The van der Waals surface area contributed by atoms with Crippen LogP contribution in [0.1, 0.15) is 44.2 Å². The minimum absolute atomic E-state index is 0.427. The van der Waals surface area contributed by atoms with Gasteiger partial charge in [-0.2, -0.15) is 0 Å². The molecule has 3 atom stereocenters. The third-order valence-corrected chi connectivity index (χ3v) is 6.01. The Balaban J connectivity index is 1.79. The van der Waals surface area contributed by atoms with E-state index in [0.29, 0.717) is 6.04 Å². The number of thiophene rings is 1. The van der Waals surface area contributed by atoms with Gasteiger partial charge in [0.2, 0.25) is 0 Å². The summed E-state index contributed by atoms with van der Waals surface area (Å²) >= 11 is 13.9. The molecule has 0 saturated heterocycles. The Morgan fingerprint density at radius 3 is 2.67 bits per heavy atom. The average Bonchev–Trinajstić information content (AvgIpc) is 2.71. The standard InChI is InChI=1S/C14H19Cl2NS/c1-2-6-17-13(10-7-11(15)18-14(10)16)12-8-4-3-5-9(8)12/h7-9,12-13,17H,2-6H2,1H3. The first-order valence-electron chi connectivity index (χ1n) is 6.90. The Morgan fingerprint density at radius 2 is 2.11 bits per heavy atom. The number of fused-ring (bicyclic) bond motifs is 1. The summed E-state index contributed by atoms with van der Waals surface area (Å²) in [5, 5.41) is 3.69. The van der Waals surface area contributed by atoms with Crippen LogP contribution in [0.15, 0.2) is 6.07 Å². The van der Waals surface area contributed by atoms with Gasteiger partial charge in [0.05, 0.1) is 8.67 Å². The normalized spacial score (nSPS) is 31.4. The van der Waals surface area contributed by atoms with E-state index in [1.54, 1.807) is 0 Å². The van der Waals surface area contributed by atoms with Crippen molar-refractivity contribution in [3.8, 4) is 0 Å². The average molecular weight is 304 g/mol. The topological polar surface area (TPSA) is 12.0 Å². The van der Waals surface area contributed by atoms with Gasteiger partial charge in [-0.3, -0.25) is 0 Å². The van der Waals surface area contributed by atoms with Gasteiger partial charge < -0.3 is 5.32 Å². The molecular weight excluding hydrogens is 285 g/mol. The minimum atomic E-state index is 0.427. The number of hydrogen-bond donors (Lipinski definition) is 1. The van der Waals surface area contributed by atoms with Crippen molar-refractivity contribution < 1.29 is 0 Å². The monoisotopic (exact) mass is 303 g/mol. The van der Waals surface area contributed by atoms with Crippen LogP contribution in [0.3, 0.4) is 0 Å². The lowest BCUT2D eigenvalue weighted by atomic mass is 9.99. The minimum Gasteiger partial charge on any atom is -0.310 e. The van der Waals surface area contributed by atoms with Crippen LogP contribution in [0, 0.1) is 17.8 Å². The summed E-state index contributed by atoms with van der Waals surface area (Å²) in [5.74, 6) is 2.68. The van der Waals surface area contributed by atoms with Crippen LogP contribution in [-0.4, -0.2) is 6.54 Å². The summed E-state index contributed by atoms with van der Waals surface area (Å²) in [5.41, 5.74) is 1.24. The van der Waals surface area contributed by atoms with Crippen molar-refractivity contribution in [1.29, 1.82) is 0 Å². The zero-order valence-electron chi connectivity index (χ0n) is 10.6. The molecule has 0 amide bonds. The molecule has 18 heavy (non-hydrogen) atoms. The second-order valence-electron chi connectivity index (χ2n) is 5.55. The molecule has 3 rings (SSSR count). The van der Waals surface area contributed by atoms with Crippen LogP contribution in [0.25, 0.3) is 0 Å². The highest BCUT2D eigenvalue weighted by atomic mass is 35.5. The predicted molar refractivity (Wildman–Crippen MR) is 79.7 cm³/mol. The molecule has 0 aromatic carbocycles. The molecule has 2 fully saturated rings. The molecule has 0 radical (unpaired) electrons. The summed E-state index contributed by atoms with van der Waals surface area (Å²) in [6.45, 7) is 3.27. The summed E-state index contributed by atoms with van der Waals surface area (Å²) in [6.07, 6.45) is 5.41. The molecule has 3 unspecified atom stereocenters. The van der Waals surface area contributed by atoms with Crippen molar-refractivity contribution in [2.45, 2.75) is 38.6 Å². The SMILES string of the molecule is CCCNC(c1cc(Cl)sc1Cl)C1C2CCCC21. The van der Waals surface area contributed by atoms with Crippen molar-refractivity contribution in [3.05, 3.63) is 20.3 Å². The highest BCUT2D eigenvalue weighted by Crippen LogP contribution is 2.63. The number of hydrogen-bond acceptors (Lipinski definition) is 2. The second kappa shape index (κ2) is 5.32. The summed E-state index contributed by atoms with van der Waals surface area (Å²) < 4.78 is 1.68. The maximum atomic E-state index is 6.34. The molecule has 2 saturated carbocycles. The number of rotatable bonds is 5. The van der Waals surface area contributed by atoms with E-state index in [9.17, 15) is 0 Å². The zero-order chi connectivity index (χ0) is 12.7. The second-order valence-corrected chi connectivity index (χ2v) is 7.83. The zero-order valence-corrected chi connectivity index (χ0v) is 12.9. The largest absolute Gasteiger partial charge is 0.310 e. The molecule has 0 bridgehead atoms. The highest BCUT2D eigenvalue weighted by molar-refractivity contribution is 7.20. The lowest BCUT2D eigenvalue weighted by molar-refractivity contribution is 0.418. The van der Waals surface area contributed by atoms with Gasteiger partial charge in [-0.15, -0.1) is 11.3 Å². The Bertz CT molecular complexity index is 421. The summed E-state index contributed by atoms with van der Waals surface area (Å²) in [6, 6.07) is 2.49. The van der Waals surface area contributed by atoms with Crippen molar-refractivity contribution in [1.82, 2.24) is 5.32 Å². The fraction of sp³-hybridized carbons (Fsp3) is 0.714. The molecule has 0 spiro atoms. The molecule has 4 heteroatoms. The van der Waals surface area contributed by atoms with Crippen molar-refractivity contribution in [2.75, 3.05) is 6.54 Å². The van der Waals surface area contributed by atoms with Crippen LogP contribution < -0.4 is 5.32 Å². The third kappa shape index (κ3) is 2.33. The van der Waals surface area contributed by atoms with Gasteiger partial charge in [-0.1, -0.05) is 36.5 Å². The van der Waals surface area contributed by atoms with Gasteiger partial charge in [0.1, 0.15) is 0 Å². The van der Waals surface area contributed by atoms with Gasteiger partial charge in [0.25, 0.3) is 0 Å². The number of halogens is 2. The molecule has 1 aromatic rings. The molecule has 2 aliphatic rings. The Hall–Kier alpha value is 0.240. The van der Waals surface area contributed by atoms with Gasteiger partial charge in [0.15, 0.2) is 0 Å². The Morgan fingerprint density at radius 1 is 1.39 bits per heavy atom. The maximum absolute atomic E-state index is 6.34. The fourth-order valence-electron chi connectivity index (χ4n) is 3.69. The van der Waals surface area contributed by atoms with Crippen molar-refractivity contribution in [3.63, 3.8) is 0 Å². The van der Waals surface area contributed by atoms with E-state index in [1.165, 1.54) is 36.2 Å². The maximum Gasteiger partial charge on any atom is 0.0992 e. The van der Waals surface area contributed by atoms with E-state index >= 15 is 0 Å². The van der Waals surface area contributed by atoms with Gasteiger partial charge in [0, 0.05) is 11.6 Å². The molecule has 0 aliphatic heterocycles. The van der Waals surface area contributed by atoms with E-state index in [2.05, 4.69) is 18.3 Å². The summed E-state index contributed by atoms with van der Waals surface area (Å²) in [7, 11) is 0. The fourth-order valence-corrected chi connectivity index (χ4v) is 5.24.